The molecule has 0 aliphatic rings. The second-order valence-electron chi connectivity index (χ2n) is 5.04. The van der Waals surface area contributed by atoms with Gasteiger partial charge in [0.1, 0.15) is 17.1 Å². The van der Waals surface area contributed by atoms with E-state index in [2.05, 4.69) is 0 Å². The first-order valence-electron chi connectivity index (χ1n) is 7.06. The Morgan fingerprint density at radius 2 is 1.79 bits per heavy atom. The van der Waals surface area contributed by atoms with Crippen LogP contribution in [0.25, 0.3) is 22.3 Å². The number of benzene rings is 2. The minimum absolute atomic E-state index is 0.0990. The minimum atomic E-state index is -0.316. The number of aromatic hydroxyl groups is 1. The summed E-state index contributed by atoms with van der Waals surface area (Å²) in [6.07, 6.45) is 0.563. The number of hydrogen-bond donors (Lipinski definition) is 1. The lowest BCUT2D eigenvalue weighted by molar-refractivity contribution is 0.112. The second kappa shape index (κ2) is 6.08. The molecule has 0 fully saturated rings. The molecule has 0 saturated carbocycles. The summed E-state index contributed by atoms with van der Waals surface area (Å²) in [4.78, 5) is 24.0. The van der Waals surface area contributed by atoms with Gasteiger partial charge in [0.15, 0.2) is 28.8 Å². The molecule has 0 bridgehead atoms. The van der Waals surface area contributed by atoms with Gasteiger partial charge in [-0.25, -0.2) is 0 Å². The maximum atomic E-state index is 12.5. The fourth-order valence-electron chi connectivity index (χ4n) is 2.51. The van der Waals surface area contributed by atoms with Gasteiger partial charge in [-0.2, -0.15) is 0 Å². The number of fused-ring (bicyclic) bond motifs is 1. The normalized spacial score (nSPS) is 10.6. The number of methoxy groups -OCH3 is 2. The van der Waals surface area contributed by atoms with Crippen molar-refractivity contribution in [3.63, 3.8) is 0 Å². The molecular formula is C18H14O6. The van der Waals surface area contributed by atoms with Crippen LogP contribution in [0.5, 0.6) is 17.2 Å². The van der Waals surface area contributed by atoms with Crippen LogP contribution in [0.15, 0.2) is 45.6 Å². The zero-order chi connectivity index (χ0) is 17.3. The standard InChI is InChI=1S/C18H14O6/c1-22-16-7-12-14(21)8-15(10-3-5-11(20)6-4-10)24-17(12)13(9-19)18(16)23-2/h3-9,20H,1-2H3. The Morgan fingerprint density at radius 1 is 1.08 bits per heavy atom. The summed E-state index contributed by atoms with van der Waals surface area (Å²) >= 11 is 0. The van der Waals surface area contributed by atoms with Crippen molar-refractivity contribution in [3.8, 4) is 28.6 Å². The van der Waals surface area contributed by atoms with Crippen LogP contribution in [0.1, 0.15) is 10.4 Å². The molecule has 6 heteroatoms. The Kier molecular flexibility index (Phi) is 3.95. The van der Waals surface area contributed by atoms with Gasteiger partial charge in [0, 0.05) is 11.6 Å². The van der Waals surface area contributed by atoms with Gasteiger partial charge in [0.2, 0.25) is 0 Å². The van der Waals surface area contributed by atoms with Gasteiger partial charge in [-0.3, -0.25) is 9.59 Å². The highest BCUT2D eigenvalue weighted by atomic mass is 16.5. The van der Waals surface area contributed by atoms with Gasteiger partial charge in [-0.05, 0) is 30.3 Å². The molecule has 1 aromatic heterocycles. The highest BCUT2D eigenvalue weighted by molar-refractivity contribution is 5.99. The molecule has 2 aromatic carbocycles. The first kappa shape index (κ1) is 15.6. The average molecular weight is 326 g/mol. The van der Waals surface area contributed by atoms with Crippen molar-refractivity contribution in [1.29, 1.82) is 0 Å². The molecule has 3 aromatic rings. The number of ether oxygens (including phenoxy) is 2. The van der Waals surface area contributed by atoms with E-state index in [0.29, 0.717) is 11.8 Å². The Hall–Kier alpha value is -3.28. The van der Waals surface area contributed by atoms with E-state index in [1.54, 1.807) is 12.1 Å². The summed E-state index contributed by atoms with van der Waals surface area (Å²) in [6.45, 7) is 0. The maximum absolute atomic E-state index is 12.5. The smallest absolute Gasteiger partial charge is 0.193 e. The largest absolute Gasteiger partial charge is 0.508 e. The second-order valence-corrected chi connectivity index (χ2v) is 5.04. The van der Waals surface area contributed by atoms with Crippen LogP contribution < -0.4 is 14.9 Å². The molecule has 0 radical (unpaired) electrons. The molecule has 0 saturated heterocycles. The third-order valence-corrected chi connectivity index (χ3v) is 3.67. The van der Waals surface area contributed by atoms with E-state index in [4.69, 9.17) is 13.9 Å². The number of aldehydes is 1. The Bertz CT molecular complexity index is 969. The van der Waals surface area contributed by atoms with Crippen LogP contribution in [0.4, 0.5) is 0 Å². The molecule has 0 aliphatic carbocycles. The van der Waals surface area contributed by atoms with Crippen molar-refractivity contribution in [2.75, 3.05) is 14.2 Å². The quantitative estimate of drug-likeness (QED) is 0.742. The Morgan fingerprint density at radius 3 is 2.38 bits per heavy atom. The molecule has 1 heterocycles. The molecule has 6 nitrogen and oxygen atoms in total. The summed E-state index contributed by atoms with van der Waals surface area (Å²) in [6, 6.07) is 8.99. The van der Waals surface area contributed by atoms with Crippen LogP contribution in [0.2, 0.25) is 0 Å². The minimum Gasteiger partial charge on any atom is -0.508 e. The highest BCUT2D eigenvalue weighted by Gasteiger charge is 2.19. The first-order chi connectivity index (χ1) is 11.6. The first-order valence-corrected chi connectivity index (χ1v) is 7.06. The number of carbonyl (C=O) groups is 1. The fourth-order valence-corrected chi connectivity index (χ4v) is 2.51. The van der Waals surface area contributed by atoms with Gasteiger partial charge in [0.05, 0.1) is 19.6 Å². The Labute approximate surface area is 136 Å². The average Bonchev–Trinajstić information content (AvgIpc) is 2.60. The monoisotopic (exact) mass is 326 g/mol. The van der Waals surface area contributed by atoms with Crippen molar-refractivity contribution < 1.29 is 23.8 Å². The molecular weight excluding hydrogens is 312 g/mol. The third kappa shape index (κ3) is 2.48. The van der Waals surface area contributed by atoms with E-state index >= 15 is 0 Å². The summed E-state index contributed by atoms with van der Waals surface area (Å²) in [5.74, 6) is 0.854. The lowest BCUT2D eigenvalue weighted by atomic mass is 10.1. The van der Waals surface area contributed by atoms with Crippen LogP contribution in [0.3, 0.4) is 0 Å². The predicted molar refractivity (Wildman–Crippen MR) is 88.1 cm³/mol. The van der Waals surface area contributed by atoms with E-state index in [-0.39, 0.29) is 45.0 Å². The van der Waals surface area contributed by atoms with E-state index in [9.17, 15) is 14.7 Å². The molecule has 122 valence electrons. The zero-order valence-corrected chi connectivity index (χ0v) is 13.0. The van der Waals surface area contributed by atoms with Gasteiger partial charge in [-0.15, -0.1) is 0 Å². The summed E-state index contributed by atoms with van der Waals surface area (Å²) in [5.41, 5.74) is 0.504. The van der Waals surface area contributed by atoms with E-state index in [1.165, 1.54) is 38.5 Å². The number of phenolic OH excluding ortho intramolecular Hbond substituents is 1. The van der Waals surface area contributed by atoms with E-state index < -0.39 is 0 Å². The van der Waals surface area contributed by atoms with Crippen LogP contribution in [-0.4, -0.2) is 25.6 Å². The number of rotatable bonds is 4. The number of phenols is 1. The van der Waals surface area contributed by atoms with E-state index in [0.717, 1.165) is 0 Å². The lowest BCUT2D eigenvalue weighted by Crippen LogP contribution is -2.05. The topological polar surface area (TPSA) is 86.0 Å². The highest BCUT2D eigenvalue weighted by Crippen LogP contribution is 2.36. The number of hydrogen-bond acceptors (Lipinski definition) is 6. The van der Waals surface area contributed by atoms with Crippen molar-refractivity contribution in [2.45, 2.75) is 0 Å². The molecule has 3 rings (SSSR count). The van der Waals surface area contributed by atoms with Gasteiger partial charge < -0.3 is 19.0 Å². The lowest BCUT2D eigenvalue weighted by Gasteiger charge is -2.12. The molecule has 0 spiro atoms. The van der Waals surface area contributed by atoms with Gasteiger partial charge >= 0.3 is 0 Å². The van der Waals surface area contributed by atoms with E-state index in [1.807, 2.05) is 0 Å². The SMILES string of the molecule is COc1cc2c(=O)cc(-c3ccc(O)cc3)oc2c(C=O)c1OC. The van der Waals surface area contributed by atoms with Gasteiger partial charge in [-0.1, -0.05) is 0 Å². The summed E-state index contributed by atoms with van der Waals surface area (Å²) in [5, 5.41) is 9.59. The molecule has 0 unspecified atom stereocenters. The summed E-state index contributed by atoms with van der Waals surface area (Å²) in [7, 11) is 2.82. The van der Waals surface area contributed by atoms with Crippen LogP contribution >= 0.6 is 0 Å². The van der Waals surface area contributed by atoms with Crippen LogP contribution in [-0.2, 0) is 0 Å². The summed E-state index contributed by atoms with van der Waals surface area (Å²) < 4.78 is 16.2. The predicted octanol–water partition coefficient (Wildman–Crippen LogP) is 3.00. The fraction of sp³-hybridized carbons (Fsp3) is 0.111. The van der Waals surface area contributed by atoms with Crippen molar-refractivity contribution >= 4 is 17.3 Å². The van der Waals surface area contributed by atoms with Crippen LogP contribution in [0, 0.1) is 0 Å². The zero-order valence-electron chi connectivity index (χ0n) is 13.0. The van der Waals surface area contributed by atoms with Crippen molar-refractivity contribution in [1.82, 2.24) is 0 Å². The third-order valence-electron chi connectivity index (χ3n) is 3.67. The Balaban J connectivity index is 2.36. The molecule has 0 amide bonds. The molecule has 0 aliphatic heterocycles. The molecule has 24 heavy (non-hydrogen) atoms. The van der Waals surface area contributed by atoms with Crippen molar-refractivity contribution in [3.05, 3.63) is 52.2 Å². The molecule has 1 N–H and O–H groups in total. The van der Waals surface area contributed by atoms with Gasteiger partial charge in [0.25, 0.3) is 0 Å². The molecule has 0 atom stereocenters. The number of carbonyl (C=O) groups excluding carboxylic acids is 1. The maximum Gasteiger partial charge on any atom is 0.193 e. The van der Waals surface area contributed by atoms with Crippen molar-refractivity contribution in [2.24, 2.45) is 0 Å².